The van der Waals surface area contributed by atoms with Crippen LogP contribution in [0.3, 0.4) is 0 Å². The summed E-state index contributed by atoms with van der Waals surface area (Å²) in [5.74, 6) is 0. The molecule has 1 aromatic carbocycles. The lowest BCUT2D eigenvalue weighted by molar-refractivity contribution is 0.707. The van der Waals surface area contributed by atoms with Crippen LogP contribution in [-0.4, -0.2) is 23.6 Å². The van der Waals surface area contributed by atoms with Crippen LogP contribution < -0.4 is 5.32 Å². The SMILES string of the molecule is S=C1N=CC(CCNCc2ccccc2)=N1. The zero-order valence-corrected chi connectivity index (χ0v) is 9.70. The van der Waals surface area contributed by atoms with E-state index in [1.807, 2.05) is 18.2 Å². The van der Waals surface area contributed by atoms with E-state index in [9.17, 15) is 0 Å². The van der Waals surface area contributed by atoms with Crippen LogP contribution in [0.2, 0.25) is 0 Å². The molecule has 0 aliphatic carbocycles. The zero-order chi connectivity index (χ0) is 11.2. The Balaban J connectivity index is 1.68. The summed E-state index contributed by atoms with van der Waals surface area (Å²) >= 11 is 4.85. The molecule has 1 aliphatic heterocycles. The number of nitrogens with one attached hydrogen (secondary N) is 1. The fourth-order valence-electron chi connectivity index (χ4n) is 1.48. The summed E-state index contributed by atoms with van der Waals surface area (Å²) < 4.78 is 0. The highest BCUT2D eigenvalue weighted by Gasteiger charge is 2.03. The number of nitrogens with zero attached hydrogens (tertiary/aromatic N) is 2. The first-order chi connectivity index (χ1) is 7.84. The highest BCUT2D eigenvalue weighted by Crippen LogP contribution is 1.99. The molecule has 0 fully saturated rings. The maximum absolute atomic E-state index is 4.85. The van der Waals surface area contributed by atoms with Crippen molar-refractivity contribution in [3.63, 3.8) is 0 Å². The lowest BCUT2D eigenvalue weighted by Crippen LogP contribution is -2.17. The number of hydrogen-bond donors (Lipinski definition) is 1. The number of aliphatic imine (C=N–C) groups is 2. The summed E-state index contributed by atoms with van der Waals surface area (Å²) in [5.41, 5.74) is 2.26. The van der Waals surface area contributed by atoms with E-state index < -0.39 is 0 Å². The smallest absolute Gasteiger partial charge is 0.219 e. The molecule has 0 spiro atoms. The molecule has 1 heterocycles. The van der Waals surface area contributed by atoms with Crippen LogP contribution in [0.4, 0.5) is 0 Å². The van der Waals surface area contributed by atoms with Crippen molar-refractivity contribution in [3.8, 4) is 0 Å². The van der Waals surface area contributed by atoms with Crippen molar-refractivity contribution in [1.82, 2.24) is 5.32 Å². The molecular weight excluding hydrogens is 218 g/mol. The molecule has 0 saturated heterocycles. The Morgan fingerprint density at radius 2 is 2.00 bits per heavy atom. The lowest BCUT2D eigenvalue weighted by atomic mass is 10.2. The first-order valence-corrected chi connectivity index (χ1v) is 5.65. The van der Waals surface area contributed by atoms with Crippen LogP contribution in [0.15, 0.2) is 40.3 Å². The van der Waals surface area contributed by atoms with Gasteiger partial charge in [0.25, 0.3) is 0 Å². The molecule has 2 rings (SSSR count). The van der Waals surface area contributed by atoms with Gasteiger partial charge >= 0.3 is 0 Å². The summed E-state index contributed by atoms with van der Waals surface area (Å²) in [6.45, 7) is 1.78. The van der Waals surface area contributed by atoms with Crippen LogP contribution in [0.25, 0.3) is 0 Å². The van der Waals surface area contributed by atoms with Crippen molar-refractivity contribution in [2.75, 3.05) is 6.54 Å². The molecule has 0 atom stereocenters. The van der Waals surface area contributed by atoms with Crippen molar-refractivity contribution in [2.45, 2.75) is 13.0 Å². The van der Waals surface area contributed by atoms with Gasteiger partial charge in [0.05, 0.1) is 11.9 Å². The largest absolute Gasteiger partial charge is 0.312 e. The van der Waals surface area contributed by atoms with E-state index in [4.69, 9.17) is 12.2 Å². The van der Waals surface area contributed by atoms with Gasteiger partial charge in [0.15, 0.2) is 0 Å². The van der Waals surface area contributed by atoms with Gasteiger partial charge in [-0.15, -0.1) is 0 Å². The molecule has 0 bridgehead atoms. The molecular formula is C12H13N3S. The third kappa shape index (κ3) is 3.32. The van der Waals surface area contributed by atoms with Crippen molar-refractivity contribution in [3.05, 3.63) is 35.9 Å². The molecule has 3 nitrogen and oxygen atoms in total. The minimum Gasteiger partial charge on any atom is -0.312 e. The molecule has 82 valence electrons. The monoisotopic (exact) mass is 231 g/mol. The fourth-order valence-corrected chi connectivity index (χ4v) is 1.65. The van der Waals surface area contributed by atoms with Crippen molar-refractivity contribution in [2.24, 2.45) is 9.98 Å². The fraction of sp³-hybridized carbons (Fsp3) is 0.250. The van der Waals surface area contributed by atoms with E-state index in [0.717, 1.165) is 25.2 Å². The van der Waals surface area contributed by atoms with Gasteiger partial charge in [-0.1, -0.05) is 30.3 Å². The predicted molar refractivity (Wildman–Crippen MR) is 71.3 cm³/mol. The summed E-state index contributed by atoms with van der Waals surface area (Å²) in [4.78, 5) is 8.05. The van der Waals surface area contributed by atoms with Crippen LogP contribution >= 0.6 is 12.2 Å². The van der Waals surface area contributed by atoms with Crippen LogP contribution in [0.5, 0.6) is 0 Å². The van der Waals surface area contributed by atoms with Gasteiger partial charge in [0, 0.05) is 19.5 Å². The second-order valence-electron chi connectivity index (χ2n) is 3.56. The number of benzene rings is 1. The summed E-state index contributed by atoms with van der Waals surface area (Å²) in [6, 6.07) is 10.3. The Morgan fingerprint density at radius 1 is 1.19 bits per heavy atom. The molecule has 16 heavy (non-hydrogen) atoms. The zero-order valence-electron chi connectivity index (χ0n) is 8.89. The van der Waals surface area contributed by atoms with Crippen LogP contribution in [-0.2, 0) is 6.54 Å². The highest BCUT2D eigenvalue weighted by molar-refractivity contribution is 7.80. The van der Waals surface area contributed by atoms with Gasteiger partial charge < -0.3 is 5.32 Å². The molecule has 1 N–H and O–H groups in total. The lowest BCUT2D eigenvalue weighted by Gasteiger charge is -2.03. The summed E-state index contributed by atoms with van der Waals surface area (Å²) in [5, 5.41) is 3.80. The minimum absolute atomic E-state index is 0.443. The van der Waals surface area contributed by atoms with E-state index in [1.54, 1.807) is 6.21 Å². The number of rotatable bonds is 5. The van der Waals surface area contributed by atoms with Gasteiger partial charge in [-0.05, 0) is 17.8 Å². The Kier molecular flexibility index (Phi) is 3.91. The Hall–Kier alpha value is -1.39. The van der Waals surface area contributed by atoms with E-state index in [2.05, 4.69) is 27.4 Å². The van der Waals surface area contributed by atoms with E-state index in [-0.39, 0.29) is 0 Å². The first kappa shape index (κ1) is 11.1. The van der Waals surface area contributed by atoms with Crippen molar-refractivity contribution >= 4 is 29.3 Å². The maximum atomic E-state index is 4.85. The van der Waals surface area contributed by atoms with Gasteiger partial charge in [-0.25, -0.2) is 9.98 Å². The average molecular weight is 231 g/mol. The van der Waals surface area contributed by atoms with Crippen LogP contribution in [0, 0.1) is 0 Å². The van der Waals surface area contributed by atoms with Gasteiger partial charge in [0.1, 0.15) is 0 Å². The third-order valence-electron chi connectivity index (χ3n) is 2.29. The van der Waals surface area contributed by atoms with E-state index >= 15 is 0 Å². The third-order valence-corrected chi connectivity index (χ3v) is 2.49. The van der Waals surface area contributed by atoms with Crippen molar-refractivity contribution < 1.29 is 0 Å². The van der Waals surface area contributed by atoms with Crippen LogP contribution in [0.1, 0.15) is 12.0 Å². The summed E-state index contributed by atoms with van der Waals surface area (Å²) in [6.07, 6.45) is 2.61. The number of hydrogen-bond acceptors (Lipinski definition) is 2. The molecule has 0 radical (unpaired) electrons. The van der Waals surface area contributed by atoms with Gasteiger partial charge in [-0.2, -0.15) is 0 Å². The van der Waals surface area contributed by atoms with E-state index in [0.29, 0.717) is 5.11 Å². The quantitative estimate of drug-likeness (QED) is 0.621. The molecule has 0 saturated carbocycles. The van der Waals surface area contributed by atoms with Gasteiger partial charge in [-0.3, -0.25) is 0 Å². The molecule has 0 aromatic heterocycles. The average Bonchev–Trinajstić information content (AvgIpc) is 2.72. The topological polar surface area (TPSA) is 36.8 Å². The molecule has 0 amide bonds. The normalized spacial score (nSPS) is 14.2. The highest BCUT2D eigenvalue weighted by atomic mass is 32.1. The minimum atomic E-state index is 0.443. The Morgan fingerprint density at radius 3 is 2.69 bits per heavy atom. The first-order valence-electron chi connectivity index (χ1n) is 5.25. The van der Waals surface area contributed by atoms with Crippen molar-refractivity contribution in [1.29, 1.82) is 0 Å². The molecule has 1 aromatic rings. The molecule has 1 aliphatic rings. The maximum Gasteiger partial charge on any atom is 0.219 e. The number of thiocarbonyl (C=S) groups is 1. The second-order valence-corrected chi connectivity index (χ2v) is 3.92. The van der Waals surface area contributed by atoms with Gasteiger partial charge in [0.2, 0.25) is 5.11 Å². The second kappa shape index (κ2) is 5.63. The van der Waals surface area contributed by atoms with E-state index in [1.165, 1.54) is 5.56 Å². The Labute approximate surface area is 100 Å². The predicted octanol–water partition coefficient (Wildman–Crippen LogP) is 1.98. The summed E-state index contributed by atoms with van der Waals surface area (Å²) in [7, 11) is 0. The molecule has 0 unspecified atom stereocenters. The molecule has 4 heteroatoms. The standard InChI is InChI=1S/C12H13N3S/c16-12-14-9-11(15-12)6-7-13-8-10-4-2-1-3-5-10/h1-5,9,13H,6-8H2. The Bertz CT molecular complexity index is 423.